The minimum atomic E-state index is -0.470. The molecule has 0 saturated carbocycles. The first-order valence-electron chi connectivity index (χ1n) is 10.4. The molecule has 31 heavy (non-hydrogen) atoms. The van der Waals surface area contributed by atoms with Crippen molar-refractivity contribution in [1.29, 1.82) is 5.26 Å². The number of pyridine rings is 1. The Morgan fingerprint density at radius 2 is 1.84 bits per heavy atom. The first kappa shape index (κ1) is 20.9. The average Bonchev–Trinajstić information content (AvgIpc) is 2.82. The fourth-order valence-corrected chi connectivity index (χ4v) is 4.23. The molecule has 1 aliphatic heterocycles. The standard InChI is InChI=1S/C25H23ClN4O/c26-23-16-19(11-12-20(23)22(17-27)18-8-3-1-4-9-18)29-25(31)21-10-7-13-28-24(21)30-14-5-2-6-15-30/h1,3-4,7-13,16,22H,2,5-6,14-15H2,(H,29,31). The van der Waals surface area contributed by atoms with Crippen molar-refractivity contribution in [2.75, 3.05) is 23.3 Å². The zero-order valence-corrected chi connectivity index (χ0v) is 17.8. The molecule has 0 spiro atoms. The predicted molar refractivity (Wildman–Crippen MR) is 124 cm³/mol. The Hall–Kier alpha value is -3.36. The summed E-state index contributed by atoms with van der Waals surface area (Å²) >= 11 is 6.51. The van der Waals surface area contributed by atoms with Crippen LogP contribution in [0.4, 0.5) is 11.5 Å². The van der Waals surface area contributed by atoms with Crippen LogP contribution in [0.5, 0.6) is 0 Å². The van der Waals surface area contributed by atoms with Gasteiger partial charge in [0.25, 0.3) is 5.91 Å². The van der Waals surface area contributed by atoms with Gasteiger partial charge < -0.3 is 10.2 Å². The molecule has 0 radical (unpaired) electrons. The normalized spacial score (nSPS) is 14.5. The van der Waals surface area contributed by atoms with Crippen molar-refractivity contribution in [2.45, 2.75) is 25.2 Å². The summed E-state index contributed by atoms with van der Waals surface area (Å²) in [5.41, 5.74) is 2.72. The number of hydrogen-bond donors (Lipinski definition) is 1. The molecule has 6 heteroatoms. The third kappa shape index (κ3) is 4.70. The molecule has 1 atom stereocenters. The molecule has 156 valence electrons. The van der Waals surface area contributed by atoms with E-state index in [1.165, 1.54) is 6.42 Å². The van der Waals surface area contributed by atoms with Crippen LogP contribution in [-0.4, -0.2) is 24.0 Å². The van der Waals surface area contributed by atoms with E-state index in [1.807, 2.05) is 30.3 Å². The topological polar surface area (TPSA) is 69.0 Å². The number of carbonyl (C=O) groups excluding carboxylic acids is 1. The van der Waals surface area contributed by atoms with E-state index >= 15 is 0 Å². The van der Waals surface area contributed by atoms with Crippen molar-refractivity contribution in [3.8, 4) is 6.07 Å². The van der Waals surface area contributed by atoms with Gasteiger partial charge in [0, 0.05) is 30.0 Å². The van der Waals surface area contributed by atoms with Gasteiger partial charge in [-0.2, -0.15) is 5.26 Å². The Morgan fingerprint density at radius 3 is 2.55 bits per heavy atom. The third-order valence-corrected chi connectivity index (χ3v) is 5.85. The minimum absolute atomic E-state index is 0.225. The van der Waals surface area contributed by atoms with Crippen LogP contribution in [0.15, 0.2) is 66.9 Å². The maximum Gasteiger partial charge on any atom is 0.259 e. The molecule has 1 amide bonds. The molecule has 1 saturated heterocycles. The molecule has 3 aromatic rings. The van der Waals surface area contributed by atoms with Crippen LogP contribution in [0.1, 0.15) is 46.7 Å². The lowest BCUT2D eigenvalue weighted by Crippen LogP contribution is -2.32. The molecule has 1 aromatic heterocycles. The van der Waals surface area contributed by atoms with Gasteiger partial charge in [-0.3, -0.25) is 4.79 Å². The van der Waals surface area contributed by atoms with Gasteiger partial charge in [0.05, 0.1) is 17.6 Å². The lowest BCUT2D eigenvalue weighted by atomic mass is 9.92. The molecule has 5 nitrogen and oxygen atoms in total. The number of carbonyl (C=O) groups is 1. The SMILES string of the molecule is N#CC(c1ccccc1)c1ccc(NC(=O)c2cccnc2N2CCCCC2)cc1Cl. The minimum Gasteiger partial charge on any atom is -0.356 e. The second-order valence-electron chi connectivity index (χ2n) is 7.59. The van der Waals surface area contributed by atoms with Gasteiger partial charge in [0.1, 0.15) is 5.82 Å². The number of halogens is 1. The van der Waals surface area contributed by atoms with Gasteiger partial charge in [0.15, 0.2) is 0 Å². The Morgan fingerprint density at radius 1 is 1.06 bits per heavy atom. The number of nitrogens with one attached hydrogen (secondary N) is 1. The summed E-state index contributed by atoms with van der Waals surface area (Å²) in [5.74, 6) is 0.0240. The first-order valence-corrected chi connectivity index (χ1v) is 10.8. The van der Waals surface area contributed by atoms with E-state index < -0.39 is 5.92 Å². The predicted octanol–water partition coefficient (Wildman–Crippen LogP) is 5.63. The van der Waals surface area contributed by atoms with Gasteiger partial charge >= 0.3 is 0 Å². The second kappa shape index (κ2) is 9.63. The summed E-state index contributed by atoms with van der Waals surface area (Å²) in [7, 11) is 0. The molecule has 1 N–H and O–H groups in total. The van der Waals surface area contributed by atoms with Crippen molar-refractivity contribution in [1.82, 2.24) is 4.98 Å². The molecule has 2 heterocycles. The maximum atomic E-state index is 13.0. The van der Waals surface area contributed by atoms with E-state index in [0.29, 0.717) is 21.8 Å². The van der Waals surface area contributed by atoms with Crippen molar-refractivity contribution in [2.24, 2.45) is 0 Å². The van der Waals surface area contributed by atoms with E-state index in [-0.39, 0.29) is 5.91 Å². The number of benzene rings is 2. The number of aromatic nitrogens is 1. The van der Waals surface area contributed by atoms with Crippen LogP contribution in [0.3, 0.4) is 0 Å². The summed E-state index contributed by atoms with van der Waals surface area (Å²) in [6.07, 6.45) is 5.15. The molecular formula is C25H23ClN4O. The molecule has 1 unspecified atom stereocenters. The molecule has 0 aliphatic carbocycles. The highest BCUT2D eigenvalue weighted by Gasteiger charge is 2.21. The van der Waals surface area contributed by atoms with Crippen molar-refractivity contribution in [3.05, 3.63) is 88.6 Å². The van der Waals surface area contributed by atoms with E-state index in [1.54, 1.807) is 36.5 Å². The van der Waals surface area contributed by atoms with Crippen LogP contribution in [-0.2, 0) is 0 Å². The summed E-state index contributed by atoms with van der Waals surface area (Å²) in [5, 5.41) is 13.1. The van der Waals surface area contributed by atoms with Crippen molar-refractivity contribution in [3.63, 3.8) is 0 Å². The summed E-state index contributed by atoms with van der Waals surface area (Å²) in [6.45, 7) is 1.82. The van der Waals surface area contributed by atoms with Crippen LogP contribution in [0, 0.1) is 11.3 Å². The highest BCUT2D eigenvalue weighted by Crippen LogP contribution is 2.32. The third-order valence-electron chi connectivity index (χ3n) is 5.52. The summed E-state index contributed by atoms with van der Waals surface area (Å²) in [6, 6.07) is 20.7. The second-order valence-corrected chi connectivity index (χ2v) is 7.99. The molecule has 2 aromatic carbocycles. The Kier molecular flexibility index (Phi) is 6.49. The molecule has 0 bridgehead atoms. The highest BCUT2D eigenvalue weighted by atomic mass is 35.5. The fraction of sp³-hybridized carbons (Fsp3) is 0.240. The van der Waals surface area contributed by atoms with Crippen LogP contribution in [0.25, 0.3) is 0 Å². The highest BCUT2D eigenvalue weighted by molar-refractivity contribution is 6.32. The Bertz CT molecular complexity index is 1100. The fourth-order valence-electron chi connectivity index (χ4n) is 3.94. The van der Waals surface area contributed by atoms with Gasteiger partial charge in [-0.1, -0.05) is 48.0 Å². The Labute approximate surface area is 187 Å². The Balaban J connectivity index is 1.55. The molecular weight excluding hydrogens is 408 g/mol. The van der Waals surface area contributed by atoms with Gasteiger partial charge in [0.2, 0.25) is 0 Å². The van der Waals surface area contributed by atoms with Gasteiger partial charge in [-0.15, -0.1) is 0 Å². The van der Waals surface area contributed by atoms with Crippen LogP contribution < -0.4 is 10.2 Å². The molecule has 1 aliphatic rings. The van der Waals surface area contributed by atoms with Gasteiger partial charge in [-0.05, 0) is 54.7 Å². The van der Waals surface area contributed by atoms with Crippen LogP contribution in [0.2, 0.25) is 5.02 Å². The first-order chi connectivity index (χ1) is 15.2. The maximum absolute atomic E-state index is 13.0. The van der Waals surface area contributed by atoms with E-state index in [9.17, 15) is 10.1 Å². The monoisotopic (exact) mass is 430 g/mol. The summed E-state index contributed by atoms with van der Waals surface area (Å²) in [4.78, 5) is 19.7. The van der Waals surface area contributed by atoms with Crippen LogP contribution >= 0.6 is 11.6 Å². The largest absolute Gasteiger partial charge is 0.356 e. The summed E-state index contributed by atoms with van der Waals surface area (Å²) < 4.78 is 0. The smallest absolute Gasteiger partial charge is 0.259 e. The number of amides is 1. The zero-order valence-electron chi connectivity index (χ0n) is 17.1. The number of nitriles is 1. The van der Waals surface area contributed by atoms with Crippen molar-refractivity contribution < 1.29 is 4.79 Å². The van der Waals surface area contributed by atoms with Crippen molar-refractivity contribution >= 4 is 29.0 Å². The number of hydrogen-bond acceptors (Lipinski definition) is 4. The van der Waals surface area contributed by atoms with E-state index in [2.05, 4.69) is 21.3 Å². The molecule has 4 rings (SSSR count). The van der Waals surface area contributed by atoms with E-state index in [0.717, 1.165) is 37.3 Å². The lowest BCUT2D eigenvalue weighted by Gasteiger charge is -2.29. The molecule has 1 fully saturated rings. The number of piperidine rings is 1. The quantitative estimate of drug-likeness (QED) is 0.569. The lowest BCUT2D eigenvalue weighted by molar-refractivity contribution is 0.102. The van der Waals surface area contributed by atoms with E-state index in [4.69, 9.17) is 11.6 Å². The zero-order chi connectivity index (χ0) is 21.6. The number of anilines is 2. The van der Waals surface area contributed by atoms with Gasteiger partial charge in [-0.25, -0.2) is 4.98 Å². The number of rotatable bonds is 5. The number of nitrogens with zero attached hydrogens (tertiary/aromatic N) is 3. The average molecular weight is 431 g/mol.